The quantitative estimate of drug-likeness (QED) is 0.547. The molecule has 6 heteroatoms. The van der Waals surface area contributed by atoms with Gasteiger partial charge in [-0.25, -0.2) is 0 Å². The second kappa shape index (κ2) is 7.12. The summed E-state index contributed by atoms with van der Waals surface area (Å²) in [6.07, 6.45) is 7.27. The normalized spacial score (nSPS) is 10.8. The van der Waals surface area contributed by atoms with Crippen LogP contribution in [-0.4, -0.2) is 47.9 Å². The first-order valence-electron chi connectivity index (χ1n) is 5.47. The molecule has 0 unspecified atom stereocenters. The Balaban J connectivity index is 1.49. The Hall–Kier alpha value is -0.281. The molecule has 4 nitrogen and oxygen atoms in total. The fourth-order valence-electron chi connectivity index (χ4n) is 1.55. The van der Waals surface area contributed by atoms with Gasteiger partial charge in [-0.1, -0.05) is 0 Å². The minimum atomic E-state index is 0.303. The molecule has 0 fully saturated rings. The van der Waals surface area contributed by atoms with Crippen LogP contribution in [0.2, 0.25) is 0 Å². The van der Waals surface area contributed by atoms with E-state index in [1.54, 1.807) is 0 Å². The van der Waals surface area contributed by atoms with Crippen molar-refractivity contribution in [3.05, 3.63) is 21.3 Å². The van der Waals surface area contributed by atoms with E-state index in [1.165, 1.54) is 37.1 Å². The summed E-state index contributed by atoms with van der Waals surface area (Å²) in [5.74, 6) is 0. The van der Waals surface area contributed by atoms with Gasteiger partial charge in [-0.2, -0.15) is 0 Å². The number of nitrogens with zero attached hydrogens (tertiary/aromatic N) is 4. The molecule has 0 saturated carbocycles. The van der Waals surface area contributed by atoms with Gasteiger partial charge >= 0.3 is 108 Å². The van der Waals surface area contributed by atoms with Crippen LogP contribution >= 0.6 is 0 Å². The first kappa shape index (κ1) is 12.2. The summed E-state index contributed by atoms with van der Waals surface area (Å²) in [4.78, 5) is 4.36. The Morgan fingerprint density at radius 1 is 0.750 bits per heavy atom. The van der Waals surface area contributed by atoms with Crippen LogP contribution in [0.1, 0.15) is 37.1 Å². The predicted molar refractivity (Wildman–Crippen MR) is 63.8 cm³/mol. The minimum absolute atomic E-state index is 0.303. The Bertz CT molecular complexity index is 333. The van der Waals surface area contributed by atoms with E-state index in [0.717, 1.165) is 12.8 Å². The maximum absolute atomic E-state index is 4.10. The van der Waals surface area contributed by atoms with E-state index < -0.39 is 0 Å². The van der Waals surface area contributed by atoms with Crippen molar-refractivity contribution in [2.75, 3.05) is 0 Å². The summed E-state index contributed by atoms with van der Waals surface area (Å²) in [7, 11) is 0. The Kier molecular flexibility index (Phi) is 5.42. The van der Waals surface area contributed by atoms with Crippen molar-refractivity contribution in [2.45, 2.75) is 38.5 Å². The Morgan fingerprint density at radius 3 is 1.62 bits per heavy atom. The van der Waals surface area contributed by atoms with Gasteiger partial charge in [0.15, 0.2) is 0 Å². The van der Waals surface area contributed by atoms with Crippen LogP contribution in [0.5, 0.6) is 0 Å². The summed E-state index contributed by atoms with van der Waals surface area (Å²) in [6, 6.07) is 0. The van der Waals surface area contributed by atoms with Crippen molar-refractivity contribution < 1.29 is 0 Å². The van der Waals surface area contributed by atoms with Crippen LogP contribution in [0.4, 0.5) is 0 Å². The van der Waals surface area contributed by atoms with E-state index in [-0.39, 0.29) is 0 Å². The average Bonchev–Trinajstić information content (AvgIpc) is 2.96. The van der Waals surface area contributed by atoms with E-state index in [9.17, 15) is 0 Å². The predicted octanol–water partition coefficient (Wildman–Crippen LogP) is 0.726. The number of hydrogen-bond donors (Lipinski definition) is 0. The molecule has 86 valence electrons. The topological polar surface area (TPSA) is 51.6 Å². The van der Waals surface area contributed by atoms with Gasteiger partial charge in [0, 0.05) is 0 Å². The standard InChI is InChI=1S/C10H14N4Se2/c1(3-5-9-7-15-13-11-9)2-4-6-10-8-16-14-12-10/h7-8H,1-6H2. The summed E-state index contributed by atoms with van der Waals surface area (Å²) < 4.78 is 8.00. The van der Waals surface area contributed by atoms with E-state index in [0.29, 0.717) is 29.5 Å². The number of aryl methyl sites for hydroxylation is 2. The van der Waals surface area contributed by atoms with E-state index in [2.05, 4.69) is 28.3 Å². The Morgan fingerprint density at radius 2 is 1.25 bits per heavy atom. The van der Waals surface area contributed by atoms with Gasteiger partial charge < -0.3 is 0 Å². The molecule has 2 aromatic rings. The Labute approximate surface area is 107 Å². The molecule has 0 spiro atoms. The first-order chi connectivity index (χ1) is 7.95. The molecule has 0 amide bonds. The van der Waals surface area contributed by atoms with Crippen molar-refractivity contribution in [3.8, 4) is 0 Å². The molecule has 0 N–H and O–H groups in total. The van der Waals surface area contributed by atoms with E-state index in [1.807, 2.05) is 0 Å². The SMILES string of the molecule is c1[se]nnc1CCCCCCc1c[se]nn1. The summed E-state index contributed by atoms with van der Waals surface area (Å²) in [5.41, 5.74) is 2.41. The van der Waals surface area contributed by atoms with Crippen LogP contribution < -0.4 is 0 Å². The molecule has 2 heterocycles. The monoisotopic (exact) mass is 350 g/mol. The van der Waals surface area contributed by atoms with Crippen molar-refractivity contribution in [2.24, 2.45) is 0 Å². The summed E-state index contributed by atoms with van der Waals surface area (Å²) in [6.45, 7) is 0. The molecule has 0 radical (unpaired) electrons. The molecule has 0 saturated heterocycles. The average molecular weight is 348 g/mol. The zero-order chi connectivity index (χ0) is 11.1. The number of aromatic nitrogens is 4. The fraction of sp³-hybridized carbons (Fsp3) is 0.600. The first-order valence-corrected chi connectivity index (χ1v) is 8.98. The van der Waals surface area contributed by atoms with Crippen molar-refractivity contribution in [1.82, 2.24) is 18.4 Å². The molecule has 2 rings (SSSR count). The summed E-state index contributed by atoms with van der Waals surface area (Å²) >= 11 is 0.605. The second-order valence-electron chi connectivity index (χ2n) is 3.71. The summed E-state index contributed by atoms with van der Waals surface area (Å²) in [5, 5.41) is 8.19. The van der Waals surface area contributed by atoms with Gasteiger partial charge in [-0.3, -0.25) is 0 Å². The second-order valence-corrected chi connectivity index (χ2v) is 6.27. The third-order valence-corrected chi connectivity index (χ3v) is 4.75. The fourth-order valence-corrected chi connectivity index (χ4v) is 3.59. The zero-order valence-corrected chi connectivity index (χ0v) is 12.4. The van der Waals surface area contributed by atoms with Gasteiger partial charge in [0.2, 0.25) is 0 Å². The van der Waals surface area contributed by atoms with Gasteiger partial charge in [-0.05, 0) is 0 Å². The number of unbranched alkanes of at least 4 members (excludes halogenated alkanes) is 3. The van der Waals surface area contributed by atoms with Crippen LogP contribution in [0.3, 0.4) is 0 Å². The van der Waals surface area contributed by atoms with Crippen molar-refractivity contribution in [3.63, 3.8) is 0 Å². The molecule has 0 aliphatic heterocycles. The van der Waals surface area contributed by atoms with Crippen molar-refractivity contribution in [1.29, 1.82) is 0 Å². The molecule has 0 aromatic carbocycles. The van der Waals surface area contributed by atoms with Crippen LogP contribution in [-0.2, 0) is 12.8 Å². The number of rotatable bonds is 7. The van der Waals surface area contributed by atoms with Gasteiger partial charge in [0.05, 0.1) is 0 Å². The molecular formula is C10H14N4Se2. The maximum atomic E-state index is 4.10. The molecule has 2 aromatic heterocycles. The van der Waals surface area contributed by atoms with Crippen molar-refractivity contribution >= 4 is 29.5 Å². The van der Waals surface area contributed by atoms with E-state index >= 15 is 0 Å². The van der Waals surface area contributed by atoms with Gasteiger partial charge in [-0.15, -0.1) is 0 Å². The molecule has 0 bridgehead atoms. The molecule has 16 heavy (non-hydrogen) atoms. The van der Waals surface area contributed by atoms with Crippen LogP contribution in [0.25, 0.3) is 0 Å². The van der Waals surface area contributed by atoms with E-state index in [4.69, 9.17) is 0 Å². The van der Waals surface area contributed by atoms with Gasteiger partial charge in [0.25, 0.3) is 0 Å². The molecule has 0 aliphatic rings. The third kappa shape index (κ3) is 4.30. The zero-order valence-electron chi connectivity index (χ0n) is 9.00. The molecular weight excluding hydrogens is 334 g/mol. The molecule has 0 atom stereocenters. The third-order valence-electron chi connectivity index (χ3n) is 2.43. The van der Waals surface area contributed by atoms with Gasteiger partial charge in [0.1, 0.15) is 0 Å². The van der Waals surface area contributed by atoms with Crippen LogP contribution in [0.15, 0.2) is 9.88 Å². The molecule has 0 aliphatic carbocycles. The van der Waals surface area contributed by atoms with Crippen LogP contribution in [0, 0.1) is 0 Å². The number of hydrogen-bond acceptors (Lipinski definition) is 4.